The van der Waals surface area contributed by atoms with Gasteiger partial charge in [0.15, 0.2) is 0 Å². The average Bonchev–Trinajstić information content (AvgIpc) is 3.18. The van der Waals surface area contributed by atoms with Crippen LogP contribution in [-0.2, 0) is 0 Å². The fourth-order valence-corrected chi connectivity index (χ4v) is 3.32. The van der Waals surface area contributed by atoms with Gasteiger partial charge in [0.2, 0.25) is 0 Å². The summed E-state index contributed by atoms with van der Waals surface area (Å²) in [5, 5.41) is 14.0. The fraction of sp³-hybridized carbons (Fsp3) is 0.312. The van der Waals surface area contributed by atoms with Gasteiger partial charge in [-0.3, -0.25) is 4.79 Å². The number of hydrogen-bond acceptors (Lipinski definition) is 4. The summed E-state index contributed by atoms with van der Waals surface area (Å²) in [6, 6.07) is 6.92. The Kier molecular flexibility index (Phi) is 3.94. The van der Waals surface area contributed by atoms with Crippen LogP contribution in [0.3, 0.4) is 0 Å². The number of carboxylic acids is 1. The number of nitrogens with zero attached hydrogens (tertiary/aromatic N) is 1. The van der Waals surface area contributed by atoms with Crippen LogP contribution in [0.15, 0.2) is 29.6 Å². The SMILES string of the molecule is Cc1nc(C(=O)NC(c2cccs2)C2CC2)ccc1C(=O)O. The van der Waals surface area contributed by atoms with E-state index in [1.165, 1.54) is 12.1 Å². The number of carbonyl (C=O) groups excluding carboxylic acids is 1. The zero-order valence-corrected chi connectivity index (χ0v) is 12.9. The molecule has 1 saturated carbocycles. The van der Waals surface area contributed by atoms with E-state index in [-0.39, 0.29) is 23.2 Å². The van der Waals surface area contributed by atoms with Gasteiger partial charge in [0.05, 0.1) is 17.3 Å². The number of carbonyl (C=O) groups is 2. The molecule has 6 heteroatoms. The van der Waals surface area contributed by atoms with E-state index >= 15 is 0 Å². The molecule has 2 aromatic rings. The normalized spacial score (nSPS) is 15.3. The summed E-state index contributed by atoms with van der Waals surface area (Å²) in [4.78, 5) is 28.7. The van der Waals surface area contributed by atoms with Gasteiger partial charge in [0.1, 0.15) is 5.69 Å². The van der Waals surface area contributed by atoms with Crippen LogP contribution >= 0.6 is 11.3 Å². The topological polar surface area (TPSA) is 79.3 Å². The minimum atomic E-state index is -1.04. The van der Waals surface area contributed by atoms with Crippen LogP contribution in [0.2, 0.25) is 0 Å². The number of carboxylic acid groups (broad SMARTS) is 1. The maximum atomic E-state index is 12.4. The number of rotatable bonds is 5. The second-order valence-electron chi connectivity index (χ2n) is 5.44. The van der Waals surface area contributed by atoms with E-state index < -0.39 is 5.97 Å². The van der Waals surface area contributed by atoms with E-state index in [9.17, 15) is 9.59 Å². The number of pyridine rings is 1. The van der Waals surface area contributed by atoms with Gasteiger partial charge in [0.25, 0.3) is 5.91 Å². The number of nitrogens with one attached hydrogen (secondary N) is 1. The van der Waals surface area contributed by atoms with Gasteiger partial charge in [-0.25, -0.2) is 9.78 Å². The molecule has 114 valence electrons. The van der Waals surface area contributed by atoms with Gasteiger partial charge in [-0.2, -0.15) is 0 Å². The number of amides is 1. The summed E-state index contributed by atoms with van der Waals surface area (Å²) in [5.41, 5.74) is 0.720. The van der Waals surface area contributed by atoms with E-state index in [1.807, 2.05) is 17.5 Å². The Balaban J connectivity index is 1.79. The molecule has 1 aliphatic carbocycles. The molecule has 1 aliphatic rings. The van der Waals surface area contributed by atoms with Crippen LogP contribution in [0.5, 0.6) is 0 Å². The van der Waals surface area contributed by atoms with Gasteiger partial charge in [-0.1, -0.05) is 6.07 Å². The molecule has 0 spiro atoms. The Morgan fingerprint density at radius 3 is 2.68 bits per heavy atom. The van der Waals surface area contributed by atoms with E-state index in [0.29, 0.717) is 11.6 Å². The highest BCUT2D eigenvalue weighted by Crippen LogP contribution is 2.42. The molecule has 22 heavy (non-hydrogen) atoms. The van der Waals surface area contributed by atoms with Gasteiger partial charge >= 0.3 is 5.97 Å². The zero-order valence-electron chi connectivity index (χ0n) is 12.1. The van der Waals surface area contributed by atoms with Gasteiger partial charge in [-0.05, 0) is 49.3 Å². The first-order chi connectivity index (χ1) is 10.6. The third-order valence-corrected chi connectivity index (χ3v) is 4.73. The summed E-state index contributed by atoms with van der Waals surface area (Å²) >= 11 is 1.63. The van der Waals surface area contributed by atoms with Gasteiger partial charge < -0.3 is 10.4 Å². The molecule has 0 bridgehead atoms. The summed E-state index contributed by atoms with van der Waals surface area (Å²) in [7, 11) is 0. The molecule has 1 atom stereocenters. The zero-order chi connectivity index (χ0) is 15.7. The molecule has 2 N–H and O–H groups in total. The molecule has 5 nitrogen and oxygen atoms in total. The van der Waals surface area contributed by atoms with E-state index in [1.54, 1.807) is 18.3 Å². The van der Waals surface area contributed by atoms with Crippen molar-refractivity contribution in [2.45, 2.75) is 25.8 Å². The summed E-state index contributed by atoms with van der Waals surface area (Å²) in [5.74, 6) is -0.807. The second-order valence-corrected chi connectivity index (χ2v) is 6.42. The number of aromatic nitrogens is 1. The molecule has 2 heterocycles. The lowest BCUT2D eigenvalue weighted by atomic mass is 10.1. The number of aryl methyl sites for hydroxylation is 1. The lowest BCUT2D eigenvalue weighted by molar-refractivity contribution is 0.0694. The molecule has 0 aliphatic heterocycles. The van der Waals surface area contributed by atoms with E-state index in [0.717, 1.165) is 17.7 Å². The van der Waals surface area contributed by atoms with Gasteiger partial charge in [-0.15, -0.1) is 11.3 Å². The van der Waals surface area contributed by atoms with Crippen LogP contribution in [0.4, 0.5) is 0 Å². The Morgan fingerprint density at radius 2 is 2.14 bits per heavy atom. The first-order valence-electron chi connectivity index (χ1n) is 7.11. The van der Waals surface area contributed by atoms with Crippen molar-refractivity contribution in [3.8, 4) is 0 Å². The molecule has 3 rings (SSSR count). The van der Waals surface area contributed by atoms with Crippen LogP contribution < -0.4 is 5.32 Å². The van der Waals surface area contributed by atoms with Crippen molar-refractivity contribution in [2.24, 2.45) is 5.92 Å². The maximum Gasteiger partial charge on any atom is 0.337 e. The molecule has 0 aromatic carbocycles. The summed E-state index contributed by atoms with van der Waals surface area (Å²) in [6.07, 6.45) is 2.24. The number of aromatic carboxylic acids is 1. The molecule has 0 saturated heterocycles. The van der Waals surface area contributed by atoms with E-state index in [4.69, 9.17) is 5.11 Å². The molecule has 0 radical (unpaired) electrons. The highest BCUT2D eigenvalue weighted by atomic mass is 32.1. The number of thiophene rings is 1. The largest absolute Gasteiger partial charge is 0.478 e. The van der Waals surface area contributed by atoms with Crippen molar-refractivity contribution in [2.75, 3.05) is 0 Å². The molecule has 1 fully saturated rings. The third-order valence-electron chi connectivity index (χ3n) is 3.78. The quantitative estimate of drug-likeness (QED) is 0.888. The lowest BCUT2D eigenvalue weighted by Gasteiger charge is -2.16. The molecule has 2 aromatic heterocycles. The van der Waals surface area contributed by atoms with Crippen molar-refractivity contribution in [1.29, 1.82) is 0 Å². The van der Waals surface area contributed by atoms with Crippen LogP contribution in [-0.4, -0.2) is 22.0 Å². The molecular weight excluding hydrogens is 300 g/mol. The Morgan fingerprint density at radius 1 is 1.36 bits per heavy atom. The second kappa shape index (κ2) is 5.88. The first kappa shape index (κ1) is 14.7. The Hall–Kier alpha value is -2.21. The highest BCUT2D eigenvalue weighted by Gasteiger charge is 2.34. The average molecular weight is 316 g/mol. The van der Waals surface area contributed by atoms with Crippen LogP contribution in [0.1, 0.15) is 50.3 Å². The van der Waals surface area contributed by atoms with Crippen molar-refractivity contribution in [1.82, 2.24) is 10.3 Å². The maximum absolute atomic E-state index is 12.4. The van der Waals surface area contributed by atoms with Crippen molar-refractivity contribution in [3.63, 3.8) is 0 Å². The number of hydrogen-bond donors (Lipinski definition) is 2. The molecule has 1 unspecified atom stereocenters. The minimum Gasteiger partial charge on any atom is -0.478 e. The Bertz CT molecular complexity index is 708. The minimum absolute atomic E-state index is 0.0220. The van der Waals surface area contributed by atoms with E-state index in [2.05, 4.69) is 10.3 Å². The van der Waals surface area contributed by atoms with Crippen LogP contribution in [0, 0.1) is 12.8 Å². The summed E-state index contributed by atoms with van der Waals surface area (Å²) in [6.45, 7) is 1.60. The standard InChI is InChI=1S/C16H16N2O3S/c1-9-11(16(20)21)6-7-12(17-9)15(19)18-14(10-4-5-10)13-3-2-8-22-13/h2-3,6-8,10,14H,4-5H2,1H3,(H,18,19)(H,20,21). The fourth-order valence-electron chi connectivity index (χ4n) is 2.45. The molecule has 1 amide bonds. The van der Waals surface area contributed by atoms with Crippen molar-refractivity contribution >= 4 is 23.2 Å². The lowest BCUT2D eigenvalue weighted by Crippen LogP contribution is -2.30. The van der Waals surface area contributed by atoms with Crippen molar-refractivity contribution in [3.05, 3.63) is 51.5 Å². The molecular formula is C16H16N2O3S. The predicted octanol–water partition coefficient (Wildman–Crippen LogP) is 3.03. The Labute approximate surface area is 132 Å². The highest BCUT2D eigenvalue weighted by molar-refractivity contribution is 7.10. The smallest absolute Gasteiger partial charge is 0.337 e. The van der Waals surface area contributed by atoms with Crippen LogP contribution in [0.25, 0.3) is 0 Å². The third kappa shape index (κ3) is 3.01. The summed E-state index contributed by atoms with van der Waals surface area (Å²) < 4.78 is 0. The monoisotopic (exact) mass is 316 g/mol. The van der Waals surface area contributed by atoms with Crippen molar-refractivity contribution < 1.29 is 14.7 Å². The predicted molar refractivity (Wildman–Crippen MR) is 83.2 cm³/mol. The first-order valence-corrected chi connectivity index (χ1v) is 7.99. The van der Waals surface area contributed by atoms with Gasteiger partial charge in [0, 0.05) is 4.88 Å².